The first-order valence-electron chi connectivity index (χ1n) is 7.14. The van der Waals surface area contributed by atoms with Crippen molar-refractivity contribution in [3.63, 3.8) is 0 Å². The molecule has 5 heteroatoms. The Labute approximate surface area is 121 Å². The molecular formula is C15H17N3OS. The molecule has 0 aliphatic carbocycles. The monoisotopic (exact) mass is 287 g/mol. The van der Waals surface area contributed by atoms with Crippen LogP contribution in [0.5, 0.6) is 0 Å². The van der Waals surface area contributed by atoms with Gasteiger partial charge in [0.25, 0.3) is 5.91 Å². The van der Waals surface area contributed by atoms with E-state index in [1.807, 2.05) is 17.5 Å². The average Bonchev–Trinajstić information content (AvgIpc) is 3.04. The summed E-state index contributed by atoms with van der Waals surface area (Å²) in [5, 5.41) is 5.18. The van der Waals surface area contributed by atoms with Gasteiger partial charge in [0, 0.05) is 25.3 Å². The lowest BCUT2D eigenvalue weighted by atomic mass is 9.96. The van der Waals surface area contributed by atoms with Crippen LogP contribution >= 0.6 is 11.3 Å². The summed E-state index contributed by atoms with van der Waals surface area (Å²) in [5.41, 5.74) is 1.64. The number of piperidine rings is 1. The molecule has 2 saturated heterocycles. The van der Waals surface area contributed by atoms with Crippen molar-refractivity contribution in [2.45, 2.75) is 18.9 Å². The predicted molar refractivity (Wildman–Crippen MR) is 80.0 cm³/mol. The number of nitrogens with one attached hydrogen (secondary N) is 1. The van der Waals surface area contributed by atoms with E-state index in [1.54, 1.807) is 17.5 Å². The van der Waals surface area contributed by atoms with Crippen LogP contribution in [0.25, 0.3) is 10.2 Å². The average molecular weight is 287 g/mol. The van der Waals surface area contributed by atoms with Crippen LogP contribution in [-0.4, -0.2) is 41.5 Å². The summed E-state index contributed by atoms with van der Waals surface area (Å²) in [5.74, 6) is 0.784. The highest BCUT2D eigenvalue weighted by Gasteiger charge is 2.32. The Morgan fingerprint density at radius 1 is 1.45 bits per heavy atom. The van der Waals surface area contributed by atoms with Crippen LogP contribution in [0.3, 0.4) is 0 Å². The van der Waals surface area contributed by atoms with Gasteiger partial charge in [-0.15, -0.1) is 11.3 Å². The molecule has 1 N–H and O–H groups in total. The highest BCUT2D eigenvalue weighted by molar-refractivity contribution is 7.17. The molecule has 0 saturated carbocycles. The maximum atomic E-state index is 12.3. The van der Waals surface area contributed by atoms with Crippen molar-refractivity contribution in [2.24, 2.45) is 5.92 Å². The van der Waals surface area contributed by atoms with E-state index in [1.165, 1.54) is 19.5 Å². The summed E-state index contributed by atoms with van der Waals surface area (Å²) in [6, 6.07) is 4.22. The second-order valence-electron chi connectivity index (χ2n) is 5.85. The first kappa shape index (κ1) is 12.3. The maximum absolute atomic E-state index is 12.3. The van der Waals surface area contributed by atoms with Crippen LogP contribution in [0.1, 0.15) is 23.2 Å². The number of hydrogen-bond acceptors (Lipinski definition) is 4. The molecular weight excluding hydrogens is 270 g/mol. The molecule has 2 aromatic heterocycles. The molecule has 1 amide bonds. The summed E-state index contributed by atoms with van der Waals surface area (Å²) in [4.78, 5) is 19.1. The summed E-state index contributed by atoms with van der Waals surface area (Å²) in [6.07, 6.45) is 4.09. The molecule has 0 aromatic carbocycles. The minimum absolute atomic E-state index is 0.0142. The molecule has 2 aromatic rings. The van der Waals surface area contributed by atoms with Crippen LogP contribution in [0.4, 0.5) is 0 Å². The van der Waals surface area contributed by atoms with Crippen LogP contribution in [0.2, 0.25) is 0 Å². The Morgan fingerprint density at radius 3 is 3.30 bits per heavy atom. The van der Waals surface area contributed by atoms with E-state index >= 15 is 0 Å². The molecule has 0 spiro atoms. The first-order valence-corrected chi connectivity index (χ1v) is 8.02. The van der Waals surface area contributed by atoms with Gasteiger partial charge in [-0.3, -0.25) is 9.78 Å². The molecule has 0 radical (unpaired) electrons. The van der Waals surface area contributed by atoms with Crippen molar-refractivity contribution in [3.05, 3.63) is 29.3 Å². The van der Waals surface area contributed by atoms with E-state index in [4.69, 9.17) is 0 Å². The molecule has 104 valence electrons. The summed E-state index contributed by atoms with van der Waals surface area (Å²) in [7, 11) is 0. The smallest absolute Gasteiger partial charge is 0.253 e. The van der Waals surface area contributed by atoms with E-state index in [2.05, 4.69) is 15.2 Å². The zero-order valence-electron chi connectivity index (χ0n) is 11.2. The van der Waals surface area contributed by atoms with Crippen molar-refractivity contribution < 1.29 is 4.79 Å². The number of carbonyl (C=O) groups is 1. The Kier molecular flexibility index (Phi) is 2.97. The van der Waals surface area contributed by atoms with E-state index in [9.17, 15) is 4.79 Å². The fourth-order valence-electron chi connectivity index (χ4n) is 3.40. The van der Waals surface area contributed by atoms with Crippen LogP contribution in [-0.2, 0) is 0 Å². The Morgan fingerprint density at radius 2 is 2.40 bits per heavy atom. The van der Waals surface area contributed by atoms with Crippen molar-refractivity contribution >= 4 is 27.5 Å². The number of aromatic nitrogens is 1. The van der Waals surface area contributed by atoms with E-state index in [-0.39, 0.29) is 5.91 Å². The fraction of sp³-hybridized carbons (Fsp3) is 0.467. The number of nitrogens with zero attached hydrogens (tertiary/aromatic N) is 2. The van der Waals surface area contributed by atoms with Gasteiger partial charge in [-0.2, -0.15) is 0 Å². The summed E-state index contributed by atoms with van der Waals surface area (Å²) in [6.45, 7) is 3.41. The van der Waals surface area contributed by atoms with Gasteiger partial charge in [-0.1, -0.05) is 0 Å². The Hall–Kier alpha value is -1.46. The van der Waals surface area contributed by atoms with Gasteiger partial charge in [-0.25, -0.2) is 0 Å². The minimum Gasteiger partial charge on any atom is -0.348 e. The lowest BCUT2D eigenvalue weighted by molar-refractivity contribution is 0.0909. The predicted octanol–water partition coefficient (Wildman–Crippen LogP) is 2.12. The number of rotatable bonds is 2. The Bertz CT molecular complexity index is 641. The normalized spacial score (nSPS) is 28.7. The standard InChI is InChI=1S/C15H17N3OS/c19-15(11-6-14-13(16-7-11)2-4-20-14)17-12-5-10-1-3-18(8-10)9-12/h2,4,6-7,10,12H,1,3,5,8-9H2,(H,17,19)/t10-,12+/m0/s1. The molecule has 4 rings (SSSR count). The molecule has 2 fully saturated rings. The molecule has 1 unspecified atom stereocenters. The number of thiophene rings is 1. The minimum atomic E-state index is 0.0142. The third kappa shape index (κ3) is 2.21. The largest absolute Gasteiger partial charge is 0.348 e. The number of carbonyl (C=O) groups excluding carboxylic acids is 1. The van der Waals surface area contributed by atoms with Crippen LogP contribution in [0, 0.1) is 5.92 Å². The summed E-state index contributed by atoms with van der Waals surface area (Å²) >= 11 is 1.63. The molecule has 2 aliphatic rings. The third-order valence-corrected chi connectivity index (χ3v) is 5.22. The zero-order valence-corrected chi connectivity index (χ0v) is 12.0. The van der Waals surface area contributed by atoms with Gasteiger partial charge in [0.05, 0.1) is 15.8 Å². The second-order valence-corrected chi connectivity index (χ2v) is 6.80. The number of amides is 1. The Balaban J connectivity index is 1.49. The fourth-order valence-corrected chi connectivity index (χ4v) is 4.18. The lowest BCUT2D eigenvalue weighted by Crippen LogP contribution is -2.47. The number of fused-ring (bicyclic) bond motifs is 3. The van der Waals surface area contributed by atoms with Gasteiger partial charge in [0.15, 0.2) is 0 Å². The molecule has 4 nitrogen and oxygen atoms in total. The van der Waals surface area contributed by atoms with Gasteiger partial charge < -0.3 is 10.2 Å². The highest BCUT2D eigenvalue weighted by atomic mass is 32.1. The number of pyridine rings is 1. The lowest BCUT2D eigenvalue weighted by Gasteiger charge is -2.30. The van der Waals surface area contributed by atoms with Gasteiger partial charge in [0.1, 0.15) is 0 Å². The van der Waals surface area contributed by atoms with Crippen LogP contribution in [0.15, 0.2) is 23.7 Å². The van der Waals surface area contributed by atoms with E-state index < -0.39 is 0 Å². The first-order chi connectivity index (χ1) is 9.78. The second kappa shape index (κ2) is 4.82. The molecule has 2 aliphatic heterocycles. The molecule has 20 heavy (non-hydrogen) atoms. The van der Waals surface area contributed by atoms with Gasteiger partial charge >= 0.3 is 0 Å². The van der Waals surface area contributed by atoms with Crippen molar-refractivity contribution in [2.75, 3.05) is 19.6 Å². The molecule has 2 bridgehead atoms. The SMILES string of the molecule is O=C(N[C@@H]1C[C@@H]2CCN(C2)C1)c1cnc2ccsc2c1. The van der Waals surface area contributed by atoms with Gasteiger partial charge in [-0.05, 0) is 42.8 Å². The van der Waals surface area contributed by atoms with Crippen molar-refractivity contribution in [1.82, 2.24) is 15.2 Å². The van der Waals surface area contributed by atoms with Crippen molar-refractivity contribution in [1.29, 1.82) is 0 Å². The molecule has 4 heterocycles. The molecule has 3 atom stereocenters. The quantitative estimate of drug-likeness (QED) is 0.920. The maximum Gasteiger partial charge on any atom is 0.253 e. The van der Waals surface area contributed by atoms with E-state index in [0.29, 0.717) is 11.6 Å². The van der Waals surface area contributed by atoms with Crippen molar-refractivity contribution in [3.8, 4) is 0 Å². The highest BCUT2D eigenvalue weighted by Crippen LogP contribution is 2.27. The van der Waals surface area contributed by atoms with Gasteiger partial charge in [0.2, 0.25) is 0 Å². The van der Waals surface area contributed by atoms with E-state index in [0.717, 1.165) is 29.1 Å². The number of hydrogen-bond donors (Lipinski definition) is 1. The topological polar surface area (TPSA) is 45.2 Å². The van der Waals surface area contributed by atoms with Crippen LogP contribution < -0.4 is 5.32 Å². The summed E-state index contributed by atoms with van der Waals surface area (Å²) < 4.78 is 1.07. The third-order valence-electron chi connectivity index (χ3n) is 4.37. The zero-order chi connectivity index (χ0) is 13.5.